The van der Waals surface area contributed by atoms with Crippen molar-refractivity contribution < 1.29 is 19.0 Å². The number of hydrogen-bond donors (Lipinski definition) is 0. The molecule has 1 aromatic carbocycles. The molecule has 0 radical (unpaired) electrons. The van der Waals surface area contributed by atoms with Gasteiger partial charge in [0.2, 0.25) is 0 Å². The number of benzene rings is 1. The third-order valence-electron chi connectivity index (χ3n) is 3.41. The number of methoxy groups -OCH3 is 1. The van der Waals surface area contributed by atoms with E-state index in [2.05, 4.69) is 38.4 Å². The van der Waals surface area contributed by atoms with Crippen molar-refractivity contribution in [2.45, 2.75) is 39.8 Å². The average molecular weight is 413 g/mol. The number of carbonyl (C=O) groups excluding carboxylic acids is 1. The molecule has 136 valence electrons. The zero-order valence-electron chi connectivity index (χ0n) is 14.5. The van der Waals surface area contributed by atoms with Crippen molar-refractivity contribution in [3.63, 3.8) is 0 Å². The van der Waals surface area contributed by atoms with Crippen LogP contribution in [-0.2, 0) is 17.9 Å². The number of nitrogens with zero attached hydrogens (tertiary/aromatic N) is 4. The van der Waals surface area contributed by atoms with Gasteiger partial charge in [-0.1, -0.05) is 13.3 Å². The number of halogens is 1. The number of ether oxygens (including phenoxy) is 3. The molecule has 1 heterocycles. The van der Waals surface area contributed by atoms with E-state index in [-0.39, 0.29) is 6.61 Å². The molecule has 0 fully saturated rings. The van der Waals surface area contributed by atoms with Crippen molar-refractivity contribution in [3.8, 4) is 11.5 Å². The Morgan fingerprint density at radius 3 is 2.80 bits per heavy atom. The Balaban J connectivity index is 2.09. The molecule has 2 aromatic rings. The van der Waals surface area contributed by atoms with E-state index in [1.807, 2.05) is 6.92 Å². The quantitative estimate of drug-likeness (QED) is 0.584. The van der Waals surface area contributed by atoms with Gasteiger partial charge in [0, 0.05) is 6.54 Å². The van der Waals surface area contributed by atoms with Crippen molar-refractivity contribution in [2.24, 2.45) is 0 Å². The van der Waals surface area contributed by atoms with E-state index in [0.717, 1.165) is 12.8 Å². The van der Waals surface area contributed by atoms with Crippen LogP contribution in [0.1, 0.15) is 42.9 Å². The van der Waals surface area contributed by atoms with Gasteiger partial charge in [0.05, 0.1) is 23.8 Å². The number of esters is 1. The van der Waals surface area contributed by atoms with Crippen LogP contribution in [-0.4, -0.2) is 39.9 Å². The molecular formula is C16H21BrN4O4. The lowest BCUT2D eigenvalue weighted by atomic mass is 10.2. The monoisotopic (exact) mass is 412 g/mol. The highest BCUT2D eigenvalue weighted by Gasteiger charge is 2.17. The zero-order valence-corrected chi connectivity index (χ0v) is 16.1. The summed E-state index contributed by atoms with van der Waals surface area (Å²) in [4.78, 5) is 12.4. The van der Waals surface area contributed by atoms with Gasteiger partial charge >= 0.3 is 5.97 Å². The van der Waals surface area contributed by atoms with Crippen LogP contribution in [0.2, 0.25) is 0 Å². The summed E-state index contributed by atoms with van der Waals surface area (Å²) in [7, 11) is 1.54. The summed E-state index contributed by atoms with van der Waals surface area (Å²) in [6.45, 7) is 5.09. The van der Waals surface area contributed by atoms with Crippen LogP contribution in [0.3, 0.4) is 0 Å². The number of hydrogen-bond acceptors (Lipinski definition) is 7. The first-order chi connectivity index (χ1) is 12.1. The second-order valence-electron chi connectivity index (χ2n) is 5.17. The fourth-order valence-electron chi connectivity index (χ4n) is 2.17. The summed E-state index contributed by atoms with van der Waals surface area (Å²) >= 11 is 3.38. The minimum Gasteiger partial charge on any atom is -0.492 e. The fraction of sp³-hybridized carbons (Fsp3) is 0.500. The minimum absolute atomic E-state index is 0.00314. The predicted octanol–water partition coefficient (Wildman–Crippen LogP) is 3.00. The van der Waals surface area contributed by atoms with Gasteiger partial charge in [-0.05, 0) is 51.8 Å². The van der Waals surface area contributed by atoms with E-state index >= 15 is 0 Å². The summed E-state index contributed by atoms with van der Waals surface area (Å²) in [5, 5.41) is 11.4. The Morgan fingerprint density at radius 1 is 1.32 bits per heavy atom. The van der Waals surface area contributed by atoms with E-state index < -0.39 is 5.97 Å². The van der Waals surface area contributed by atoms with Crippen molar-refractivity contribution in [1.82, 2.24) is 20.2 Å². The number of aromatic nitrogens is 4. The smallest absolute Gasteiger partial charge is 0.338 e. The molecule has 0 spiro atoms. The highest BCUT2D eigenvalue weighted by Crippen LogP contribution is 2.36. The van der Waals surface area contributed by atoms with Crippen LogP contribution in [0, 0.1) is 0 Å². The van der Waals surface area contributed by atoms with Crippen LogP contribution >= 0.6 is 15.9 Å². The average Bonchev–Trinajstić information content (AvgIpc) is 3.05. The number of aryl methyl sites for hydroxylation is 1. The highest BCUT2D eigenvalue weighted by atomic mass is 79.9. The van der Waals surface area contributed by atoms with Crippen LogP contribution in [0.4, 0.5) is 0 Å². The maximum absolute atomic E-state index is 12.4. The zero-order chi connectivity index (χ0) is 18.2. The summed E-state index contributed by atoms with van der Waals surface area (Å²) < 4.78 is 18.4. The van der Waals surface area contributed by atoms with Crippen molar-refractivity contribution in [2.75, 3.05) is 13.7 Å². The molecule has 0 aliphatic rings. The molecule has 0 unspecified atom stereocenters. The Hall–Kier alpha value is -2.16. The fourth-order valence-corrected chi connectivity index (χ4v) is 2.77. The maximum Gasteiger partial charge on any atom is 0.338 e. The maximum atomic E-state index is 12.4. The molecule has 9 heteroatoms. The van der Waals surface area contributed by atoms with Gasteiger partial charge in [-0.25, -0.2) is 9.48 Å². The molecule has 2 rings (SSSR count). The molecule has 0 aliphatic carbocycles. The Bertz CT molecular complexity index is 720. The Labute approximate surface area is 154 Å². The summed E-state index contributed by atoms with van der Waals surface area (Å²) in [6, 6.07) is 3.22. The van der Waals surface area contributed by atoms with Crippen molar-refractivity contribution >= 4 is 21.9 Å². The molecule has 8 nitrogen and oxygen atoms in total. The van der Waals surface area contributed by atoms with E-state index in [9.17, 15) is 4.79 Å². The van der Waals surface area contributed by atoms with Gasteiger partial charge in [0.1, 0.15) is 0 Å². The van der Waals surface area contributed by atoms with Gasteiger partial charge in [-0.15, -0.1) is 5.10 Å². The Morgan fingerprint density at radius 2 is 2.12 bits per heavy atom. The highest BCUT2D eigenvalue weighted by molar-refractivity contribution is 9.10. The third-order valence-corrected chi connectivity index (χ3v) is 4.00. The van der Waals surface area contributed by atoms with E-state index in [1.165, 1.54) is 7.11 Å². The molecule has 0 saturated carbocycles. The summed E-state index contributed by atoms with van der Waals surface area (Å²) in [5.74, 6) is 1.02. The second-order valence-corrected chi connectivity index (χ2v) is 6.02. The molecule has 0 N–H and O–H groups in total. The molecule has 1 aromatic heterocycles. The SMILES string of the molecule is CCCCn1nnnc1COC(=O)c1cc(Br)c(OC)c(OCC)c1. The molecular weight excluding hydrogens is 392 g/mol. The Kier molecular flexibility index (Phi) is 7.17. The van der Waals surface area contributed by atoms with Crippen LogP contribution in [0.15, 0.2) is 16.6 Å². The summed E-state index contributed by atoms with van der Waals surface area (Å²) in [6.07, 6.45) is 1.98. The topological polar surface area (TPSA) is 88.4 Å². The lowest BCUT2D eigenvalue weighted by Gasteiger charge is -2.13. The first-order valence-corrected chi connectivity index (χ1v) is 8.82. The van der Waals surface area contributed by atoms with E-state index in [4.69, 9.17) is 14.2 Å². The lowest BCUT2D eigenvalue weighted by Crippen LogP contribution is -2.11. The van der Waals surface area contributed by atoms with Crippen LogP contribution in [0.5, 0.6) is 11.5 Å². The molecule has 25 heavy (non-hydrogen) atoms. The standard InChI is InChI=1S/C16H21BrN4O4/c1-4-6-7-21-14(18-19-20-21)10-25-16(22)11-8-12(17)15(23-3)13(9-11)24-5-2/h8-9H,4-7,10H2,1-3H3. The number of tetrazole rings is 1. The molecule has 0 aliphatic heterocycles. The first-order valence-electron chi connectivity index (χ1n) is 8.03. The van der Waals surface area contributed by atoms with Gasteiger partial charge in [-0.3, -0.25) is 0 Å². The van der Waals surface area contributed by atoms with Crippen LogP contribution in [0.25, 0.3) is 0 Å². The largest absolute Gasteiger partial charge is 0.492 e. The van der Waals surface area contributed by atoms with Crippen LogP contribution < -0.4 is 9.47 Å². The third kappa shape index (κ3) is 4.91. The lowest BCUT2D eigenvalue weighted by molar-refractivity contribution is 0.0455. The summed E-state index contributed by atoms with van der Waals surface area (Å²) in [5.41, 5.74) is 0.351. The van der Waals surface area contributed by atoms with Gasteiger partial charge in [0.15, 0.2) is 23.9 Å². The number of rotatable bonds is 9. The van der Waals surface area contributed by atoms with E-state index in [1.54, 1.807) is 16.8 Å². The molecule has 0 amide bonds. The molecule has 0 atom stereocenters. The van der Waals surface area contributed by atoms with Gasteiger partial charge in [-0.2, -0.15) is 0 Å². The number of unbranched alkanes of at least 4 members (excludes halogenated alkanes) is 1. The van der Waals surface area contributed by atoms with Crippen molar-refractivity contribution in [3.05, 3.63) is 28.0 Å². The molecule has 0 bridgehead atoms. The first kappa shape index (κ1) is 19.2. The normalized spacial score (nSPS) is 10.6. The van der Waals surface area contributed by atoms with Gasteiger partial charge < -0.3 is 14.2 Å². The van der Waals surface area contributed by atoms with E-state index in [0.29, 0.717) is 40.5 Å². The predicted molar refractivity (Wildman–Crippen MR) is 93.7 cm³/mol. The van der Waals surface area contributed by atoms with Crippen molar-refractivity contribution in [1.29, 1.82) is 0 Å². The van der Waals surface area contributed by atoms with Gasteiger partial charge in [0.25, 0.3) is 0 Å². The minimum atomic E-state index is -0.491. The second kappa shape index (κ2) is 9.36. The number of carbonyl (C=O) groups is 1. The molecule has 0 saturated heterocycles.